The first-order valence-electron chi connectivity index (χ1n) is 10.00. The van der Waals surface area contributed by atoms with Crippen LogP contribution in [0.5, 0.6) is 0 Å². The van der Waals surface area contributed by atoms with Gasteiger partial charge in [0.1, 0.15) is 5.01 Å². The fourth-order valence-electron chi connectivity index (χ4n) is 5.32. The summed E-state index contributed by atoms with van der Waals surface area (Å²) in [7, 11) is 0. The van der Waals surface area contributed by atoms with Crippen LogP contribution in [0, 0.1) is 31.1 Å². The number of nitrogens with one attached hydrogen (secondary N) is 1. The van der Waals surface area contributed by atoms with Crippen LogP contribution in [0.2, 0.25) is 0 Å². The summed E-state index contributed by atoms with van der Waals surface area (Å²) in [5.74, 6) is 1.27. The van der Waals surface area contributed by atoms with Crippen LogP contribution in [0.15, 0.2) is 0 Å². The van der Waals surface area contributed by atoms with Crippen LogP contribution < -0.4 is 5.32 Å². The number of carbonyl (C=O) groups excluding carboxylic acids is 1. The number of ether oxygens (including phenoxy) is 1. The van der Waals surface area contributed by atoms with E-state index in [2.05, 4.69) is 31.0 Å². The average Bonchev–Trinajstić information content (AvgIpc) is 2.89. The van der Waals surface area contributed by atoms with E-state index in [-0.39, 0.29) is 16.9 Å². The molecule has 2 bridgehead atoms. The molecule has 4 aliphatic rings. The van der Waals surface area contributed by atoms with Gasteiger partial charge in [-0.1, -0.05) is 6.92 Å². The van der Waals surface area contributed by atoms with Gasteiger partial charge in [-0.2, -0.15) is 0 Å². The third-order valence-corrected chi connectivity index (χ3v) is 8.39. The van der Waals surface area contributed by atoms with Gasteiger partial charge < -0.3 is 10.1 Å². The van der Waals surface area contributed by atoms with Crippen LogP contribution >= 0.6 is 11.3 Å². The zero-order valence-electron chi connectivity index (χ0n) is 16.0. The summed E-state index contributed by atoms with van der Waals surface area (Å²) in [6, 6.07) is 0. The Kier molecular flexibility index (Phi) is 3.80. The molecule has 1 aromatic heterocycles. The molecule has 0 unspecified atom stereocenters. The maximum absolute atomic E-state index is 12.4. The van der Waals surface area contributed by atoms with Gasteiger partial charge in [0, 0.05) is 41.8 Å². The summed E-state index contributed by atoms with van der Waals surface area (Å²) in [6.45, 7) is 10.1. The van der Waals surface area contributed by atoms with E-state index in [1.807, 2.05) is 11.3 Å². The number of fused-ring (bicyclic) bond motifs is 1. The molecule has 0 aromatic carbocycles. The van der Waals surface area contributed by atoms with Crippen LogP contribution in [0.4, 0.5) is 0 Å². The highest BCUT2D eigenvalue weighted by atomic mass is 32.1. The van der Waals surface area contributed by atoms with E-state index < -0.39 is 0 Å². The van der Waals surface area contributed by atoms with E-state index in [4.69, 9.17) is 9.72 Å². The number of hydrogen-bond acceptors (Lipinski definition) is 5. The number of rotatable bonds is 5. The van der Waals surface area contributed by atoms with Crippen molar-refractivity contribution >= 4 is 17.2 Å². The van der Waals surface area contributed by atoms with Crippen molar-refractivity contribution in [2.24, 2.45) is 17.3 Å². The van der Waals surface area contributed by atoms with Crippen LogP contribution in [-0.4, -0.2) is 47.1 Å². The molecule has 1 saturated carbocycles. The quantitative estimate of drug-likeness (QED) is 0.860. The first kappa shape index (κ1) is 17.1. The third-order valence-electron chi connectivity index (χ3n) is 7.33. The highest BCUT2D eigenvalue weighted by Gasteiger charge is 2.62. The smallest absolute Gasteiger partial charge is 0.225 e. The molecule has 5 rings (SSSR count). The number of thiazole rings is 1. The lowest BCUT2D eigenvalue weighted by atomic mass is 9.73. The zero-order chi connectivity index (χ0) is 18.1. The van der Waals surface area contributed by atoms with Crippen LogP contribution in [0.3, 0.4) is 0 Å². The number of aryl methyl sites for hydroxylation is 2. The maximum Gasteiger partial charge on any atom is 0.225 e. The largest absolute Gasteiger partial charge is 0.370 e. The van der Waals surface area contributed by atoms with E-state index in [0.29, 0.717) is 17.9 Å². The van der Waals surface area contributed by atoms with E-state index in [1.165, 1.54) is 16.3 Å². The lowest BCUT2D eigenvalue weighted by molar-refractivity contribution is -0.126. The molecule has 4 atom stereocenters. The summed E-state index contributed by atoms with van der Waals surface area (Å²) >= 11 is 1.82. The van der Waals surface area contributed by atoms with E-state index in [1.54, 1.807) is 0 Å². The molecular weight excluding hydrogens is 346 g/mol. The van der Waals surface area contributed by atoms with Crippen molar-refractivity contribution in [1.82, 2.24) is 15.2 Å². The predicted molar refractivity (Wildman–Crippen MR) is 101 cm³/mol. The summed E-state index contributed by atoms with van der Waals surface area (Å²) in [6.07, 6.45) is 4.75. The van der Waals surface area contributed by atoms with Gasteiger partial charge in [-0.25, -0.2) is 4.98 Å². The second-order valence-electron chi connectivity index (χ2n) is 9.22. The molecule has 5 nitrogen and oxygen atoms in total. The summed E-state index contributed by atoms with van der Waals surface area (Å²) in [5.41, 5.74) is 1.11. The molecule has 142 valence electrons. The van der Waals surface area contributed by atoms with E-state index >= 15 is 0 Å². The number of likely N-dealkylation sites (tertiary alicyclic amines) is 1. The van der Waals surface area contributed by atoms with Crippen molar-refractivity contribution < 1.29 is 9.53 Å². The van der Waals surface area contributed by atoms with Crippen molar-refractivity contribution in [2.75, 3.05) is 19.6 Å². The fourth-order valence-corrected chi connectivity index (χ4v) is 6.29. The standard InChI is InChI=1S/C20H29N3O2S/c1-12-13(2)26-17(22-12)10-23-9-15-14(8-21-18(24)19(3)6-7-19)16-4-5-20(15,11-23)25-16/h14-16H,4-11H2,1-3H3,(H,21,24)/t14-,15+,16+,20+/m0/s1. The Balaban J connectivity index is 1.25. The van der Waals surface area contributed by atoms with Gasteiger partial charge in [0.05, 0.1) is 23.9 Å². The zero-order valence-corrected chi connectivity index (χ0v) is 16.8. The molecule has 0 radical (unpaired) electrons. The minimum Gasteiger partial charge on any atom is -0.370 e. The molecule has 1 N–H and O–H groups in total. The summed E-state index contributed by atoms with van der Waals surface area (Å²) in [5, 5.41) is 4.47. The SMILES string of the molecule is Cc1nc(CN2C[C@@H]3[C@H](CNC(=O)C4(C)CC4)[C@H]4CC[C@]3(C2)O4)sc1C. The normalized spacial score (nSPS) is 37.1. The lowest BCUT2D eigenvalue weighted by Crippen LogP contribution is -2.43. The van der Waals surface area contributed by atoms with Gasteiger partial charge in [-0.05, 0) is 39.5 Å². The molecule has 1 aliphatic carbocycles. The lowest BCUT2D eigenvalue weighted by Gasteiger charge is -2.30. The van der Waals surface area contributed by atoms with Crippen LogP contribution in [-0.2, 0) is 16.1 Å². The Bertz CT molecular complexity index is 724. The Morgan fingerprint density at radius 3 is 2.88 bits per heavy atom. The van der Waals surface area contributed by atoms with Crippen molar-refractivity contribution in [3.05, 3.63) is 15.6 Å². The highest BCUT2D eigenvalue weighted by Crippen LogP contribution is 2.55. The van der Waals surface area contributed by atoms with Crippen molar-refractivity contribution in [3.63, 3.8) is 0 Å². The van der Waals surface area contributed by atoms with Gasteiger partial charge in [-0.3, -0.25) is 9.69 Å². The van der Waals surface area contributed by atoms with Crippen LogP contribution in [0.25, 0.3) is 0 Å². The topological polar surface area (TPSA) is 54.5 Å². The Hall–Kier alpha value is -0.980. The first-order chi connectivity index (χ1) is 12.4. The van der Waals surface area contributed by atoms with E-state index in [9.17, 15) is 4.79 Å². The van der Waals surface area contributed by atoms with Gasteiger partial charge >= 0.3 is 0 Å². The van der Waals surface area contributed by atoms with Crippen molar-refractivity contribution in [1.29, 1.82) is 0 Å². The minimum atomic E-state index is -0.0849. The molecular formula is C20H29N3O2S. The number of aromatic nitrogens is 1. The van der Waals surface area contributed by atoms with Gasteiger partial charge in [-0.15, -0.1) is 11.3 Å². The molecule has 4 heterocycles. The number of hydrogen-bond donors (Lipinski definition) is 1. The van der Waals surface area contributed by atoms with Crippen molar-refractivity contribution in [3.8, 4) is 0 Å². The molecule has 6 heteroatoms. The molecule has 26 heavy (non-hydrogen) atoms. The molecule has 1 aromatic rings. The molecule has 4 fully saturated rings. The average molecular weight is 376 g/mol. The monoisotopic (exact) mass is 375 g/mol. The second-order valence-corrected chi connectivity index (χ2v) is 10.5. The summed E-state index contributed by atoms with van der Waals surface area (Å²) in [4.78, 5) is 20.9. The third kappa shape index (κ3) is 2.64. The van der Waals surface area contributed by atoms with Crippen molar-refractivity contribution in [2.45, 2.75) is 64.7 Å². The number of carbonyl (C=O) groups is 1. The Labute approximate surface area is 159 Å². The van der Waals surface area contributed by atoms with Gasteiger partial charge in [0.2, 0.25) is 5.91 Å². The van der Waals surface area contributed by atoms with Crippen LogP contribution in [0.1, 0.15) is 48.2 Å². The van der Waals surface area contributed by atoms with Gasteiger partial charge in [0.15, 0.2) is 0 Å². The first-order valence-corrected chi connectivity index (χ1v) is 10.8. The fraction of sp³-hybridized carbons (Fsp3) is 0.800. The van der Waals surface area contributed by atoms with E-state index in [0.717, 1.165) is 51.1 Å². The number of nitrogens with zero attached hydrogens (tertiary/aromatic N) is 2. The molecule has 3 saturated heterocycles. The summed E-state index contributed by atoms with van der Waals surface area (Å²) < 4.78 is 6.52. The Morgan fingerprint density at radius 1 is 1.38 bits per heavy atom. The maximum atomic E-state index is 12.4. The molecule has 3 aliphatic heterocycles. The number of amides is 1. The molecule has 1 amide bonds. The predicted octanol–water partition coefficient (Wildman–Crippen LogP) is 2.66. The van der Waals surface area contributed by atoms with Gasteiger partial charge in [0.25, 0.3) is 0 Å². The molecule has 1 spiro atoms. The highest BCUT2D eigenvalue weighted by molar-refractivity contribution is 7.11. The minimum absolute atomic E-state index is 0.0326. The second kappa shape index (κ2) is 5.76. The Morgan fingerprint density at radius 2 is 2.19 bits per heavy atom.